The van der Waals surface area contributed by atoms with Crippen molar-refractivity contribution in [3.8, 4) is 5.75 Å². The van der Waals surface area contributed by atoms with Gasteiger partial charge < -0.3 is 15.0 Å². The van der Waals surface area contributed by atoms with E-state index in [9.17, 15) is 9.59 Å². The largest absolute Gasteiger partial charge is 0.497 e. The van der Waals surface area contributed by atoms with Crippen LogP contribution in [-0.4, -0.2) is 41.7 Å². The molecule has 7 heteroatoms. The highest BCUT2D eigenvalue weighted by Gasteiger charge is 2.28. The number of benzene rings is 2. The van der Waals surface area contributed by atoms with Gasteiger partial charge >= 0.3 is 0 Å². The van der Waals surface area contributed by atoms with Crippen LogP contribution in [0, 0.1) is 0 Å². The molecule has 2 aromatic carbocycles. The molecule has 2 amide bonds. The van der Waals surface area contributed by atoms with Crippen LogP contribution in [0.1, 0.15) is 50.2 Å². The summed E-state index contributed by atoms with van der Waals surface area (Å²) in [6.45, 7) is 2.18. The van der Waals surface area contributed by atoms with E-state index in [1.54, 1.807) is 23.8 Å². The summed E-state index contributed by atoms with van der Waals surface area (Å²) in [6.07, 6.45) is 5.55. The first-order chi connectivity index (χ1) is 16.0. The summed E-state index contributed by atoms with van der Waals surface area (Å²) in [7, 11) is 1.62. The molecule has 0 heterocycles. The summed E-state index contributed by atoms with van der Waals surface area (Å²) in [5, 5.41) is 3.87. The molecule has 1 aliphatic carbocycles. The molecule has 0 aliphatic heterocycles. The van der Waals surface area contributed by atoms with E-state index < -0.39 is 6.04 Å². The van der Waals surface area contributed by atoms with Crippen molar-refractivity contribution in [1.82, 2.24) is 10.2 Å². The number of nitrogens with zero attached hydrogens (tertiary/aromatic N) is 1. The summed E-state index contributed by atoms with van der Waals surface area (Å²) >= 11 is 7.50. The molecule has 2 aromatic rings. The Kier molecular flexibility index (Phi) is 9.95. The van der Waals surface area contributed by atoms with Gasteiger partial charge in [-0.3, -0.25) is 9.59 Å². The number of ether oxygens (including phenoxy) is 1. The molecule has 0 spiro atoms. The molecule has 1 saturated carbocycles. The Hall–Kier alpha value is -2.18. The number of rotatable bonds is 10. The fourth-order valence-corrected chi connectivity index (χ4v) is 5.04. The van der Waals surface area contributed by atoms with E-state index in [-0.39, 0.29) is 17.9 Å². The number of nitrogens with one attached hydrogen (secondary N) is 1. The molecule has 0 saturated heterocycles. The fraction of sp³-hybridized carbons (Fsp3) is 0.462. The zero-order chi connectivity index (χ0) is 23.6. The van der Waals surface area contributed by atoms with Gasteiger partial charge in [0.05, 0.1) is 12.9 Å². The Morgan fingerprint density at radius 1 is 1.12 bits per heavy atom. The van der Waals surface area contributed by atoms with Crippen molar-refractivity contribution in [2.75, 3.05) is 12.9 Å². The molecule has 1 aliphatic rings. The number of carbonyl (C=O) groups excluding carboxylic acids is 2. The SMILES string of the molecule is COc1cccc(CN(C(=O)CSCc2ccc(Cl)cc2)C(C)C(=O)NC2CCCCC2)c1. The van der Waals surface area contributed by atoms with E-state index in [1.165, 1.54) is 6.42 Å². The lowest BCUT2D eigenvalue weighted by Gasteiger charge is -2.31. The monoisotopic (exact) mass is 488 g/mol. The Morgan fingerprint density at radius 3 is 2.55 bits per heavy atom. The van der Waals surface area contributed by atoms with Crippen LogP contribution in [0.3, 0.4) is 0 Å². The lowest BCUT2D eigenvalue weighted by atomic mass is 9.95. The molecule has 1 N–H and O–H groups in total. The quantitative estimate of drug-likeness (QED) is 0.483. The highest BCUT2D eigenvalue weighted by atomic mass is 35.5. The van der Waals surface area contributed by atoms with Crippen LogP contribution in [0.2, 0.25) is 5.02 Å². The van der Waals surface area contributed by atoms with Crippen molar-refractivity contribution in [2.45, 2.75) is 63.4 Å². The van der Waals surface area contributed by atoms with Gasteiger partial charge in [0.25, 0.3) is 0 Å². The molecule has 5 nitrogen and oxygen atoms in total. The molecule has 0 radical (unpaired) electrons. The third-order valence-electron chi connectivity index (χ3n) is 6.01. The minimum atomic E-state index is -0.554. The van der Waals surface area contributed by atoms with Crippen LogP contribution >= 0.6 is 23.4 Å². The maximum absolute atomic E-state index is 13.3. The van der Waals surface area contributed by atoms with Crippen molar-refractivity contribution in [1.29, 1.82) is 0 Å². The first-order valence-electron chi connectivity index (χ1n) is 11.5. The highest BCUT2D eigenvalue weighted by molar-refractivity contribution is 7.99. The van der Waals surface area contributed by atoms with Crippen molar-refractivity contribution in [3.63, 3.8) is 0 Å². The number of carbonyl (C=O) groups is 2. The molecule has 178 valence electrons. The number of amides is 2. The normalized spacial score (nSPS) is 15.0. The molecule has 0 aromatic heterocycles. The number of hydrogen-bond donors (Lipinski definition) is 1. The third-order valence-corrected chi connectivity index (χ3v) is 7.25. The van der Waals surface area contributed by atoms with Gasteiger partial charge in [0.2, 0.25) is 11.8 Å². The van der Waals surface area contributed by atoms with Gasteiger partial charge in [-0.1, -0.05) is 55.1 Å². The molecule has 1 fully saturated rings. The second kappa shape index (κ2) is 12.9. The second-order valence-electron chi connectivity index (χ2n) is 8.51. The van der Waals surface area contributed by atoms with Gasteiger partial charge in [0.1, 0.15) is 11.8 Å². The van der Waals surface area contributed by atoms with Gasteiger partial charge in [-0.2, -0.15) is 0 Å². The number of halogens is 1. The Bertz CT molecular complexity index is 916. The number of thioether (sulfide) groups is 1. The van der Waals surface area contributed by atoms with Gasteiger partial charge in [0, 0.05) is 23.4 Å². The maximum atomic E-state index is 13.3. The van der Waals surface area contributed by atoms with Crippen molar-refractivity contribution in [2.24, 2.45) is 0 Å². The molecular formula is C26H33ClN2O3S. The van der Waals surface area contributed by atoms with E-state index in [2.05, 4.69) is 5.32 Å². The zero-order valence-electron chi connectivity index (χ0n) is 19.4. The van der Waals surface area contributed by atoms with E-state index in [0.717, 1.165) is 42.6 Å². The number of methoxy groups -OCH3 is 1. The standard InChI is InChI=1S/C26H33ClN2O3S/c1-19(26(31)28-23-8-4-3-5-9-23)29(16-21-7-6-10-24(15-21)32-2)25(30)18-33-17-20-11-13-22(27)14-12-20/h6-7,10-15,19,23H,3-5,8-9,16-18H2,1-2H3,(H,28,31). The van der Waals surface area contributed by atoms with Crippen molar-refractivity contribution in [3.05, 3.63) is 64.7 Å². The topological polar surface area (TPSA) is 58.6 Å². The summed E-state index contributed by atoms with van der Waals surface area (Å²) in [5.41, 5.74) is 2.04. The summed E-state index contributed by atoms with van der Waals surface area (Å²) in [6, 6.07) is 14.9. The highest BCUT2D eigenvalue weighted by Crippen LogP contribution is 2.21. The van der Waals surface area contributed by atoms with E-state index >= 15 is 0 Å². The minimum absolute atomic E-state index is 0.0527. The fourth-order valence-electron chi connectivity index (χ4n) is 4.04. The van der Waals surface area contributed by atoms with Crippen LogP contribution in [0.15, 0.2) is 48.5 Å². The summed E-state index contributed by atoms with van der Waals surface area (Å²) in [4.78, 5) is 28.0. The van der Waals surface area contributed by atoms with Gasteiger partial charge in [-0.15, -0.1) is 11.8 Å². The predicted molar refractivity (Wildman–Crippen MR) is 136 cm³/mol. The van der Waals surface area contributed by atoms with Crippen LogP contribution in [0.25, 0.3) is 0 Å². The predicted octanol–water partition coefficient (Wildman–Crippen LogP) is 5.45. The van der Waals surface area contributed by atoms with Gasteiger partial charge in [-0.05, 0) is 55.2 Å². The minimum Gasteiger partial charge on any atom is -0.497 e. The molecular weight excluding hydrogens is 456 g/mol. The lowest BCUT2D eigenvalue weighted by molar-refractivity contribution is -0.139. The smallest absolute Gasteiger partial charge is 0.242 e. The molecule has 0 bridgehead atoms. The Labute approximate surface area is 206 Å². The molecule has 1 atom stereocenters. The Morgan fingerprint density at radius 2 is 1.85 bits per heavy atom. The van der Waals surface area contributed by atoms with E-state index in [0.29, 0.717) is 23.1 Å². The van der Waals surface area contributed by atoms with Crippen LogP contribution in [0.4, 0.5) is 0 Å². The third kappa shape index (κ3) is 7.97. The molecule has 1 unspecified atom stereocenters. The number of hydrogen-bond acceptors (Lipinski definition) is 4. The first kappa shape index (κ1) is 25.4. The molecule has 33 heavy (non-hydrogen) atoms. The van der Waals surface area contributed by atoms with Crippen molar-refractivity contribution < 1.29 is 14.3 Å². The average Bonchev–Trinajstić information content (AvgIpc) is 2.84. The lowest BCUT2D eigenvalue weighted by Crippen LogP contribution is -2.50. The summed E-state index contributed by atoms with van der Waals surface area (Å²) < 4.78 is 5.33. The average molecular weight is 489 g/mol. The zero-order valence-corrected chi connectivity index (χ0v) is 21.0. The Balaban J connectivity index is 1.66. The second-order valence-corrected chi connectivity index (χ2v) is 9.93. The summed E-state index contributed by atoms with van der Waals surface area (Å²) in [5.74, 6) is 1.60. The maximum Gasteiger partial charge on any atom is 0.242 e. The van der Waals surface area contributed by atoms with E-state index in [1.807, 2.05) is 55.5 Å². The van der Waals surface area contributed by atoms with Crippen LogP contribution in [0.5, 0.6) is 5.75 Å². The van der Waals surface area contributed by atoms with Gasteiger partial charge in [0.15, 0.2) is 0 Å². The molecule has 3 rings (SSSR count). The van der Waals surface area contributed by atoms with Crippen LogP contribution < -0.4 is 10.1 Å². The van der Waals surface area contributed by atoms with Crippen LogP contribution in [-0.2, 0) is 21.9 Å². The van der Waals surface area contributed by atoms with Gasteiger partial charge in [-0.25, -0.2) is 0 Å². The van der Waals surface area contributed by atoms with Crippen molar-refractivity contribution >= 4 is 35.2 Å². The van der Waals surface area contributed by atoms with E-state index in [4.69, 9.17) is 16.3 Å². The first-order valence-corrected chi connectivity index (χ1v) is 13.0.